The second kappa shape index (κ2) is 8.36. The maximum Gasteiger partial charge on any atom is 0.351 e. The summed E-state index contributed by atoms with van der Waals surface area (Å²) in [5.41, 5.74) is -5.38. The third kappa shape index (κ3) is 3.22. The van der Waals surface area contributed by atoms with E-state index in [0.717, 1.165) is 6.42 Å². The molecule has 8 nitrogen and oxygen atoms in total. The van der Waals surface area contributed by atoms with Crippen molar-refractivity contribution in [3.63, 3.8) is 0 Å². The molecule has 6 aliphatic rings. The summed E-state index contributed by atoms with van der Waals surface area (Å²) < 4.78 is 24.8. The Hall–Kier alpha value is -2.03. The van der Waals surface area contributed by atoms with E-state index in [1.165, 1.54) is 0 Å². The zero-order chi connectivity index (χ0) is 31.2. The number of aliphatic hydroxyl groups is 1. The summed E-state index contributed by atoms with van der Waals surface area (Å²) in [5, 5.41) is 13.3. The van der Waals surface area contributed by atoms with Gasteiger partial charge in [-0.15, -0.1) is 0 Å². The molecule has 6 rings (SSSR count). The minimum atomic E-state index is -1.93. The Bertz CT molecular complexity index is 1340. The minimum Gasteiger partial charge on any atom is -0.452 e. The molecule has 4 aliphatic carbocycles. The van der Waals surface area contributed by atoms with Crippen molar-refractivity contribution in [3.05, 3.63) is 23.3 Å². The van der Waals surface area contributed by atoms with Crippen molar-refractivity contribution in [2.45, 2.75) is 118 Å². The minimum absolute atomic E-state index is 0.00252. The van der Waals surface area contributed by atoms with Gasteiger partial charge in [0.1, 0.15) is 6.10 Å². The molecular weight excluding hydrogens is 536 g/mol. The van der Waals surface area contributed by atoms with Crippen molar-refractivity contribution in [3.8, 4) is 0 Å². The van der Waals surface area contributed by atoms with Crippen molar-refractivity contribution in [2.75, 3.05) is 6.61 Å². The first-order chi connectivity index (χ1) is 19.2. The third-order valence-electron chi connectivity index (χ3n) is 13.3. The first kappa shape index (κ1) is 30.0. The summed E-state index contributed by atoms with van der Waals surface area (Å²) in [7, 11) is 0. The van der Waals surface area contributed by atoms with E-state index in [1.54, 1.807) is 20.8 Å². The highest BCUT2D eigenvalue weighted by molar-refractivity contribution is 5.96. The van der Waals surface area contributed by atoms with E-state index in [0.29, 0.717) is 23.5 Å². The lowest BCUT2D eigenvalue weighted by Gasteiger charge is -2.53. The van der Waals surface area contributed by atoms with E-state index in [9.17, 15) is 19.5 Å². The average molecular weight is 585 g/mol. The number of carbonyl (C=O) groups is 3. The van der Waals surface area contributed by atoms with Crippen LogP contribution in [0.4, 0.5) is 0 Å². The second-order valence-corrected chi connectivity index (χ2v) is 16.0. The lowest BCUT2D eigenvalue weighted by molar-refractivity contribution is -0.305. The zero-order valence-electron chi connectivity index (χ0n) is 27.0. The number of cyclic esters (lactones) is 1. The molecule has 0 aromatic rings. The number of hydrogen-bond donors (Lipinski definition) is 1. The lowest BCUT2D eigenvalue weighted by Crippen LogP contribution is -2.68. The van der Waals surface area contributed by atoms with Crippen molar-refractivity contribution >= 4 is 17.7 Å². The third-order valence-corrected chi connectivity index (χ3v) is 13.3. The van der Waals surface area contributed by atoms with Gasteiger partial charge in [0.2, 0.25) is 5.60 Å². The summed E-state index contributed by atoms with van der Waals surface area (Å²) in [5.74, 6) is -2.44. The van der Waals surface area contributed by atoms with Crippen molar-refractivity contribution in [1.82, 2.24) is 0 Å². The van der Waals surface area contributed by atoms with Crippen LogP contribution in [0.25, 0.3) is 0 Å². The average Bonchev–Trinajstić information content (AvgIpc) is 3.34. The Kier molecular flexibility index (Phi) is 5.98. The maximum atomic E-state index is 14.9. The number of ketones is 1. The summed E-state index contributed by atoms with van der Waals surface area (Å²) >= 11 is 0. The van der Waals surface area contributed by atoms with E-state index in [1.807, 2.05) is 53.7 Å². The van der Waals surface area contributed by atoms with Crippen LogP contribution in [0.5, 0.6) is 0 Å². The molecule has 42 heavy (non-hydrogen) atoms. The molecule has 232 valence electrons. The Morgan fingerprint density at radius 3 is 2.33 bits per heavy atom. The standard InChI is InChI=1S/C34H48O8/c1-12-31(10)26(36)42-32(11,29(31,6)7)27(37)40-24-17(2)15-33-18(3)13-21-22(28(21,4)5)20(23(33)35)14-19-16-39-30(8,9)41-25(19)34(24,33)38/h14-15,18,20-22,24-25,38H,12-13,16H2,1-11H3/t18?,20-,21+,22-,24-,25?,31?,32?,33?,34+/m0/s1. The van der Waals surface area contributed by atoms with E-state index in [-0.39, 0.29) is 29.6 Å². The lowest BCUT2D eigenvalue weighted by atomic mass is 9.58. The predicted molar refractivity (Wildman–Crippen MR) is 154 cm³/mol. The molecular formula is C34H48O8. The molecule has 2 heterocycles. The molecule has 10 atom stereocenters. The van der Waals surface area contributed by atoms with Crippen molar-refractivity contribution in [2.24, 2.45) is 45.3 Å². The summed E-state index contributed by atoms with van der Waals surface area (Å²) in [6.07, 6.45) is 2.97. The molecule has 0 aromatic heterocycles. The van der Waals surface area contributed by atoms with Gasteiger partial charge in [0.15, 0.2) is 23.3 Å². The first-order valence-electron chi connectivity index (χ1n) is 15.6. The highest BCUT2D eigenvalue weighted by atomic mass is 16.7. The van der Waals surface area contributed by atoms with Gasteiger partial charge in [0.05, 0.1) is 17.4 Å². The van der Waals surface area contributed by atoms with E-state index < -0.39 is 63.3 Å². The molecule has 1 spiro atoms. The second-order valence-electron chi connectivity index (χ2n) is 16.0. The van der Waals surface area contributed by atoms with Crippen LogP contribution in [0.3, 0.4) is 0 Å². The Labute approximate surface area is 249 Å². The molecule has 8 heteroatoms. The number of carbonyl (C=O) groups excluding carboxylic acids is 3. The van der Waals surface area contributed by atoms with Crippen LogP contribution in [0.15, 0.2) is 23.3 Å². The molecule has 2 saturated heterocycles. The zero-order valence-corrected chi connectivity index (χ0v) is 27.0. The first-order valence-corrected chi connectivity index (χ1v) is 15.6. The topological polar surface area (TPSA) is 108 Å². The van der Waals surface area contributed by atoms with E-state index in [2.05, 4.69) is 13.8 Å². The molecule has 2 aliphatic heterocycles. The normalized spacial score (nSPS) is 49.3. The number of rotatable bonds is 3. The molecule has 0 radical (unpaired) electrons. The monoisotopic (exact) mass is 584 g/mol. The summed E-state index contributed by atoms with van der Waals surface area (Å²) in [4.78, 5) is 42.3. The smallest absolute Gasteiger partial charge is 0.351 e. The highest BCUT2D eigenvalue weighted by Gasteiger charge is 2.78. The van der Waals surface area contributed by atoms with Crippen LogP contribution < -0.4 is 0 Å². The molecule has 0 aromatic carbocycles. The largest absolute Gasteiger partial charge is 0.452 e. The molecule has 2 bridgehead atoms. The maximum absolute atomic E-state index is 14.9. The molecule has 5 unspecified atom stereocenters. The van der Waals surface area contributed by atoms with Gasteiger partial charge in [-0.1, -0.05) is 53.7 Å². The number of esters is 2. The van der Waals surface area contributed by atoms with Crippen LogP contribution in [-0.4, -0.2) is 58.6 Å². The quantitative estimate of drug-likeness (QED) is 0.368. The Morgan fingerprint density at radius 2 is 1.74 bits per heavy atom. The summed E-state index contributed by atoms with van der Waals surface area (Å²) in [6.45, 7) is 21.1. The van der Waals surface area contributed by atoms with Crippen LogP contribution in [0, 0.1) is 45.3 Å². The Balaban J connectivity index is 1.49. The molecule has 1 N–H and O–H groups in total. The summed E-state index contributed by atoms with van der Waals surface area (Å²) in [6, 6.07) is 0. The van der Waals surface area contributed by atoms with Crippen LogP contribution >= 0.6 is 0 Å². The van der Waals surface area contributed by atoms with Crippen LogP contribution in [0.1, 0.15) is 89.0 Å². The number of allylic oxidation sites excluding steroid dienone is 1. The fourth-order valence-electron chi connectivity index (χ4n) is 9.61. The van der Waals surface area contributed by atoms with Gasteiger partial charge in [0, 0.05) is 11.3 Å². The van der Waals surface area contributed by atoms with Gasteiger partial charge >= 0.3 is 11.9 Å². The molecule has 2 saturated carbocycles. The fourth-order valence-corrected chi connectivity index (χ4v) is 9.61. The fraction of sp³-hybridized carbons (Fsp3) is 0.794. The number of fused-ring (bicyclic) bond motifs is 5. The van der Waals surface area contributed by atoms with Crippen LogP contribution in [0.2, 0.25) is 0 Å². The van der Waals surface area contributed by atoms with Gasteiger partial charge in [-0.05, 0) is 81.8 Å². The van der Waals surface area contributed by atoms with Gasteiger partial charge in [-0.3, -0.25) is 9.59 Å². The Morgan fingerprint density at radius 1 is 1.10 bits per heavy atom. The number of ether oxygens (including phenoxy) is 4. The SMILES string of the molecule is CCC1(C)C(=O)OC(C)(C(=O)O[C@H]2C(C)=CC34C(=O)[C@@H](C=C5COC(C)(C)OC5[C@]23O)[C@H]2[C@@H](CC4C)C2(C)C)C1(C)C. The van der Waals surface area contributed by atoms with Gasteiger partial charge in [-0.25, -0.2) is 4.79 Å². The molecule has 4 fully saturated rings. The van der Waals surface area contributed by atoms with Crippen molar-refractivity contribution in [1.29, 1.82) is 0 Å². The van der Waals surface area contributed by atoms with Gasteiger partial charge in [-0.2, -0.15) is 0 Å². The van der Waals surface area contributed by atoms with E-state index >= 15 is 0 Å². The van der Waals surface area contributed by atoms with Crippen LogP contribution in [-0.2, 0) is 33.3 Å². The molecule has 0 amide bonds. The van der Waals surface area contributed by atoms with Gasteiger partial charge in [0.25, 0.3) is 0 Å². The van der Waals surface area contributed by atoms with Crippen molar-refractivity contribution < 1.29 is 38.4 Å². The number of hydrogen-bond acceptors (Lipinski definition) is 8. The predicted octanol–water partition coefficient (Wildman–Crippen LogP) is 4.92. The number of Topliss-reactive ketones (excluding diaryl/α,β-unsaturated/α-hetero) is 1. The van der Waals surface area contributed by atoms with E-state index in [4.69, 9.17) is 18.9 Å². The highest BCUT2D eigenvalue weighted by Crippen LogP contribution is 2.72. The van der Waals surface area contributed by atoms with Gasteiger partial charge < -0.3 is 24.1 Å².